The second-order valence-corrected chi connectivity index (χ2v) is 7.83. The van der Waals surface area contributed by atoms with Crippen molar-refractivity contribution >= 4 is 11.9 Å². The minimum atomic E-state index is -5.08. The Balaban J connectivity index is 0.000000509. The van der Waals surface area contributed by atoms with E-state index in [4.69, 9.17) is 9.90 Å². The van der Waals surface area contributed by atoms with E-state index in [1.165, 1.54) is 16.7 Å². The van der Waals surface area contributed by atoms with Gasteiger partial charge in [-0.1, -0.05) is 19.1 Å². The molecule has 1 amide bonds. The first-order valence-electron chi connectivity index (χ1n) is 10.1. The maximum atomic E-state index is 13.0. The molecule has 1 fully saturated rings. The topological polar surface area (TPSA) is 125 Å². The Morgan fingerprint density at radius 3 is 2.24 bits per heavy atom. The molecule has 3 rings (SSSR count). The summed E-state index contributed by atoms with van der Waals surface area (Å²) in [7, 11) is 3.49. The van der Waals surface area contributed by atoms with E-state index in [0.717, 1.165) is 13.0 Å². The molecule has 0 radical (unpaired) electrons. The molecule has 1 saturated heterocycles. The van der Waals surface area contributed by atoms with Crippen LogP contribution in [0.2, 0.25) is 0 Å². The summed E-state index contributed by atoms with van der Waals surface area (Å²) in [6.07, 6.45) is -4.12. The molecular formula is C21H24F4N4O5. The van der Waals surface area contributed by atoms with Crippen LogP contribution in [0.4, 0.5) is 17.6 Å². The lowest BCUT2D eigenvalue weighted by molar-refractivity contribution is -0.192. The van der Waals surface area contributed by atoms with Gasteiger partial charge in [-0.2, -0.15) is 13.2 Å². The lowest BCUT2D eigenvalue weighted by atomic mass is 10.0. The van der Waals surface area contributed by atoms with Gasteiger partial charge in [0.05, 0.1) is 6.04 Å². The lowest BCUT2D eigenvalue weighted by Crippen LogP contribution is -2.34. The van der Waals surface area contributed by atoms with E-state index < -0.39 is 29.4 Å². The Morgan fingerprint density at radius 2 is 1.76 bits per heavy atom. The Kier molecular flexibility index (Phi) is 8.37. The molecule has 2 aromatic rings. The van der Waals surface area contributed by atoms with Crippen LogP contribution >= 0.6 is 0 Å². The van der Waals surface area contributed by atoms with E-state index in [1.54, 1.807) is 19.2 Å². The Bertz CT molecular complexity index is 1090. The number of aliphatic carboxylic acids is 1. The van der Waals surface area contributed by atoms with Crippen LogP contribution in [0.15, 0.2) is 29.1 Å². The number of hydrogen-bond acceptors (Lipinski definition) is 6. The summed E-state index contributed by atoms with van der Waals surface area (Å²) in [5, 5.41) is 19.9. The summed E-state index contributed by atoms with van der Waals surface area (Å²) >= 11 is 0. The van der Waals surface area contributed by atoms with Crippen LogP contribution < -0.4 is 10.9 Å². The van der Waals surface area contributed by atoms with Crippen molar-refractivity contribution in [3.8, 4) is 5.75 Å². The predicted octanol–water partition coefficient (Wildman–Crippen LogP) is 2.20. The van der Waals surface area contributed by atoms with Gasteiger partial charge in [-0.15, -0.1) is 0 Å². The third-order valence-electron chi connectivity index (χ3n) is 5.34. The number of carbonyl (C=O) groups excluding carboxylic acids is 1. The van der Waals surface area contributed by atoms with Crippen LogP contribution in [0.5, 0.6) is 5.75 Å². The molecule has 9 nitrogen and oxygen atoms in total. The number of nitrogens with one attached hydrogen (secondary N) is 1. The molecule has 0 spiro atoms. The van der Waals surface area contributed by atoms with Gasteiger partial charge >= 0.3 is 12.1 Å². The van der Waals surface area contributed by atoms with E-state index in [1.807, 2.05) is 7.05 Å². The Labute approximate surface area is 191 Å². The van der Waals surface area contributed by atoms with Gasteiger partial charge in [-0.25, -0.2) is 14.2 Å². The molecule has 0 aliphatic carbocycles. The van der Waals surface area contributed by atoms with Crippen molar-refractivity contribution in [1.82, 2.24) is 19.8 Å². The van der Waals surface area contributed by atoms with Crippen molar-refractivity contribution in [3.63, 3.8) is 0 Å². The number of alkyl halides is 3. The Hall–Kier alpha value is -3.48. The van der Waals surface area contributed by atoms with Gasteiger partial charge < -0.3 is 15.5 Å². The molecule has 1 aromatic heterocycles. The zero-order valence-corrected chi connectivity index (χ0v) is 18.6. The molecule has 13 heteroatoms. The van der Waals surface area contributed by atoms with Crippen LogP contribution in [-0.4, -0.2) is 56.3 Å². The van der Waals surface area contributed by atoms with Crippen LogP contribution in [0.1, 0.15) is 41.3 Å². The number of hydrogen-bond donors (Lipinski definition) is 3. The third kappa shape index (κ3) is 6.31. The van der Waals surface area contributed by atoms with Gasteiger partial charge in [0, 0.05) is 13.6 Å². The van der Waals surface area contributed by atoms with Gasteiger partial charge in [0.25, 0.3) is 11.5 Å². The number of likely N-dealkylation sites (tertiary alicyclic amines) is 1. The summed E-state index contributed by atoms with van der Waals surface area (Å²) in [6.45, 7) is 3.07. The molecule has 186 valence electrons. The molecular weight excluding hydrogens is 464 g/mol. The van der Waals surface area contributed by atoms with Gasteiger partial charge in [0.15, 0.2) is 5.69 Å². The first-order valence-corrected chi connectivity index (χ1v) is 10.1. The maximum absolute atomic E-state index is 13.0. The zero-order valence-electron chi connectivity index (χ0n) is 18.6. The molecule has 1 aliphatic rings. The van der Waals surface area contributed by atoms with Crippen molar-refractivity contribution < 1.29 is 37.4 Å². The summed E-state index contributed by atoms with van der Waals surface area (Å²) in [5.41, 5.74) is -0.250. The summed E-state index contributed by atoms with van der Waals surface area (Å²) in [4.78, 5) is 40.3. The zero-order chi connectivity index (χ0) is 25.8. The Morgan fingerprint density at radius 1 is 1.21 bits per heavy atom. The van der Waals surface area contributed by atoms with E-state index in [9.17, 15) is 32.3 Å². The highest BCUT2D eigenvalue weighted by atomic mass is 19.4. The lowest BCUT2D eigenvalue weighted by Gasteiger charge is -2.24. The number of benzene rings is 1. The van der Waals surface area contributed by atoms with Crippen molar-refractivity contribution in [2.45, 2.75) is 32.1 Å². The first kappa shape index (κ1) is 26.8. The largest absolute Gasteiger partial charge is 0.501 e. The summed E-state index contributed by atoms with van der Waals surface area (Å²) < 4.78 is 46.0. The number of aromatic nitrogens is 2. The number of aromatic hydroxyl groups is 1. The highest BCUT2D eigenvalue weighted by Gasteiger charge is 2.38. The smallest absolute Gasteiger partial charge is 0.490 e. The molecule has 0 saturated carbocycles. The van der Waals surface area contributed by atoms with Crippen molar-refractivity contribution in [2.24, 2.45) is 13.0 Å². The average molecular weight is 488 g/mol. The standard InChI is InChI=1S/C19H23FN4O3.C2HF3O2/c1-11-8-9-23(2)15(11)17-22-14(16(25)19(27)24(17)3)18(26)21-10-12-4-6-13(20)7-5-12;3-2(4,5)1(6)7/h4-7,11,15,25H,8-10H2,1-3H3,(H,21,26);(H,6,7). The quantitative estimate of drug-likeness (QED) is 0.564. The normalized spacial score (nSPS) is 18.2. The van der Waals surface area contributed by atoms with Crippen molar-refractivity contribution in [3.05, 3.63) is 57.5 Å². The molecule has 2 unspecified atom stereocenters. The van der Waals surface area contributed by atoms with Crippen LogP contribution in [0.25, 0.3) is 0 Å². The van der Waals surface area contributed by atoms with E-state index in [0.29, 0.717) is 11.4 Å². The van der Waals surface area contributed by atoms with Gasteiger partial charge in [0.2, 0.25) is 5.75 Å². The van der Waals surface area contributed by atoms with Crippen molar-refractivity contribution in [1.29, 1.82) is 0 Å². The number of halogens is 4. The number of carboxylic acid groups (broad SMARTS) is 1. The van der Waals surface area contributed by atoms with Crippen molar-refractivity contribution in [2.75, 3.05) is 13.6 Å². The third-order valence-corrected chi connectivity index (χ3v) is 5.34. The number of carboxylic acids is 1. The molecule has 0 bridgehead atoms. The second kappa shape index (κ2) is 10.6. The number of amides is 1. The summed E-state index contributed by atoms with van der Waals surface area (Å²) in [6, 6.07) is 5.59. The fourth-order valence-corrected chi connectivity index (χ4v) is 3.49. The van der Waals surface area contributed by atoms with Gasteiger partial charge in [-0.3, -0.25) is 19.1 Å². The van der Waals surface area contributed by atoms with Gasteiger partial charge in [0.1, 0.15) is 11.6 Å². The fourth-order valence-electron chi connectivity index (χ4n) is 3.49. The number of carbonyl (C=O) groups is 2. The van der Waals surface area contributed by atoms with E-state index in [-0.39, 0.29) is 30.0 Å². The first-order chi connectivity index (χ1) is 15.7. The van der Waals surface area contributed by atoms with E-state index >= 15 is 0 Å². The average Bonchev–Trinajstić information content (AvgIpc) is 3.09. The van der Waals surface area contributed by atoms with Crippen LogP contribution in [0.3, 0.4) is 0 Å². The fraction of sp³-hybridized carbons (Fsp3) is 0.429. The SMILES string of the molecule is CC1CCN(C)C1c1nc(C(=O)NCc2ccc(F)cc2)c(O)c(=O)n1C.O=C(O)C(F)(F)F. The van der Waals surface area contributed by atoms with Crippen LogP contribution in [-0.2, 0) is 18.4 Å². The molecule has 2 heterocycles. The molecule has 3 N–H and O–H groups in total. The van der Waals surface area contributed by atoms with E-state index in [2.05, 4.69) is 22.1 Å². The van der Waals surface area contributed by atoms with Crippen LogP contribution in [0, 0.1) is 11.7 Å². The predicted molar refractivity (Wildman–Crippen MR) is 112 cm³/mol. The minimum absolute atomic E-state index is 0.105. The number of rotatable bonds is 4. The molecule has 2 atom stereocenters. The maximum Gasteiger partial charge on any atom is 0.490 e. The monoisotopic (exact) mass is 488 g/mol. The highest BCUT2D eigenvalue weighted by molar-refractivity contribution is 5.94. The highest BCUT2D eigenvalue weighted by Crippen LogP contribution is 2.34. The summed E-state index contributed by atoms with van der Waals surface area (Å²) in [5.74, 6) is -3.72. The molecule has 1 aliphatic heterocycles. The minimum Gasteiger partial charge on any atom is -0.501 e. The molecule has 1 aromatic carbocycles. The van der Waals surface area contributed by atoms with Gasteiger partial charge in [-0.05, 0) is 43.6 Å². The molecule has 34 heavy (non-hydrogen) atoms. The number of nitrogens with zero attached hydrogens (tertiary/aromatic N) is 3. The second-order valence-electron chi connectivity index (χ2n) is 7.83.